The number of aromatic nitrogens is 3. The van der Waals surface area contributed by atoms with Gasteiger partial charge in [0.05, 0.1) is 11.4 Å². The number of hydrogen-bond donors (Lipinski definition) is 0. The molecule has 0 aliphatic rings. The third kappa shape index (κ3) is 6.39. The van der Waals surface area contributed by atoms with Crippen molar-refractivity contribution in [2.45, 2.75) is 0 Å². The number of fused-ring (bicyclic) bond motifs is 3. The number of rotatable bonds is 7. The zero-order valence-electron chi connectivity index (χ0n) is 29.8. The molecule has 7 aromatic carbocycles. The Hall–Kier alpha value is -7.01. The van der Waals surface area contributed by atoms with Gasteiger partial charge in [-0.1, -0.05) is 133 Å². The maximum Gasteiger partial charge on any atom is 0.160 e. The molecule has 0 amide bonds. The SMILES string of the molecule is c1ccc(-c2cccc(-c3cc(-c4ccc5sc6ccccc6c5c4)cc(-c4cc(-c5ccccc5-c5cccnc5)nc(-c5ccccc5)n4)c3)c2)cc1. The Labute approximate surface area is 323 Å². The van der Waals surface area contributed by atoms with Gasteiger partial charge in [-0.05, 0) is 93.5 Å². The molecule has 0 fully saturated rings. The lowest BCUT2D eigenvalue weighted by Crippen LogP contribution is -1.97. The minimum absolute atomic E-state index is 0.679. The summed E-state index contributed by atoms with van der Waals surface area (Å²) < 4.78 is 2.59. The number of pyridine rings is 1. The van der Waals surface area contributed by atoms with Gasteiger partial charge in [0, 0.05) is 54.8 Å². The molecular weight excluding hydrogens is 687 g/mol. The fourth-order valence-electron chi connectivity index (χ4n) is 7.45. The summed E-state index contributed by atoms with van der Waals surface area (Å²) in [5.74, 6) is 0.679. The minimum Gasteiger partial charge on any atom is -0.264 e. The van der Waals surface area contributed by atoms with Crippen molar-refractivity contribution in [3.05, 3.63) is 200 Å². The van der Waals surface area contributed by atoms with Gasteiger partial charge in [-0.3, -0.25) is 4.98 Å². The van der Waals surface area contributed by atoms with E-state index >= 15 is 0 Å². The van der Waals surface area contributed by atoms with Gasteiger partial charge in [0.1, 0.15) is 0 Å². The highest BCUT2D eigenvalue weighted by Crippen LogP contribution is 2.40. The first kappa shape index (κ1) is 32.6. The monoisotopic (exact) mass is 719 g/mol. The molecule has 0 spiro atoms. The van der Waals surface area contributed by atoms with Gasteiger partial charge >= 0.3 is 0 Å². The summed E-state index contributed by atoms with van der Waals surface area (Å²) >= 11 is 1.84. The van der Waals surface area contributed by atoms with Gasteiger partial charge in [0.2, 0.25) is 0 Å². The lowest BCUT2D eigenvalue weighted by atomic mass is 9.92. The van der Waals surface area contributed by atoms with E-state index in [9.17, 15) is 0 Å². The zero-order chi connectivity index (χ0) is 36.6. The van der Waals surface area contributed by atoms with Crippen LogP contribution >= 0.6 is 11.3 Å². The first-order valence-electron chi connectivity index (χ1n) is 18.4. The molecule has 0 N–H and O–H groups in total. The molecule has 10 rings (SSSR count). The van der Waals surface area contributed by atoms with Crippen LogP contribution in [0.1, 0.15) is 0 Å². The Morgan fingerprint density at radius 2 is 0.909 bits per heavy atom. The molecule has 10 aromatic rings. The molecule has 0 bridgehead atoms. The molecule has 3 nitrogen and oxygen atoms in total. The average molecular weight is 720 g/mol. The highest BCUT2D eigenvalue weighted by atomic mass is 32.1. The number of benzene rings is 7. The molecule has 0 unspecified atom stereocenters. The van der Waals surface area contributed by atoms with Crippen LogP contribution in [-0.4, -0.2) is 15.0 Å². The Morgan fingerprint density at radius 3 is 1.69 bits per heavy atom. The molecule has 0 saturated carbocycles. The van der Waals surface area contributed by atoms with E-state index in [0.717, 1.165) is 61.5 Å². The summed E-state index contributed by atoms with van der Waals surface area (Å²) in [5, 5.41) is 2.57. The molecule has 0 saturated heterocycles. The molecule has 0 radical (unpaired) electrons. The lowest BCUT2D eigenvalue weighted by molar-refractivity contribution is 1.18. The topological polar surface area (TPSA) is 38.7 Å². The predicted molar refractivity (Wildman–Crippen MR) is 231 cm³/mol. The first-order chi connectivity index (χ1) is 27.2. The van der Waals surface area contributed by atoms with Crippen molar-refractivity contribution in [1.29, 1.82) is 0 Å². The summed E-state index contributed by atoms with van der Waals surface area (Å²) in [6, 6.07) is 66.7. The Kier molecular flexibility index (Phi) is 8.36. The second-order valence-corrected chi connectivity index (χ2v) is 14.8. The van der Waals surface area contributed by atoms with Gasteiger partial charge < -0.3 is 0 Å². The molecule has 258 valence electrons. The van der Waals surface area contributed by atoms with Crippen LogP contribution in [0.2, 0.25) is 0 Å². The van der Waals surface area contributed by atoms with Gasteiger partial charge in [0.25, 0.3) is 0 Å². The Bertz CT molecular complexity index is 2970. The quantitative estimate of drug-likeness (QED) is 0.165. The summed E-state index contributed by atoms with van der Waals surface area (Å²) in [7, 11) is 0. The van der Waals surface area contributed by atoms with Crippen molar-refractivity contribution in [2.24, 2.45) is 0 Å². The van der Waals surface area contributed by atoms with Crippen LogP contribution in [0, 0.1) is 0 Å². The third-order valence-corrected chi connectivity index (χ3v) is 11.3. The van der Waals surface area contributed by atoms with Crippen LogP contribution in [-0.2, 0) is 0 Å². The number of nitrogens with zero attached hydrogens (tertiary/aromatic N) is 3. The second-order valence-electron chi connectivity index (χ2n) is 13.7. The molecule has 0 aliphatic carbocycles. The Morgan fingerprint density at radius 1 is 0.327 bits per heavy atom. The van der Waals surface area contributed by atoms with Crippen molar-refractivity contribution < 1.29 is 0 Å². The summed E-state index contributed by atoms with van der Waals surface area (Å²) in [4.78, 5) is 14.9. The highest BCUT2D eigenvalue weighted by Gasteiger charge is 2.17. The molecule has 0 atom stereocenters. The predicted octanol–water partition coefficient (Wildman–Crippen LogP) is 13.9. The van der Waals surface area contributed by atoms with Crippen LogP contribution < -0.4 is 0 Å². The van der Waals surface area contributed by atoms with E-state index in [0.29, 0.717) is 5.82 Å². The van der Waals surface area contributed by atoms with Crippen molar-refractivity contribution in [2.75, 3.05) is 0 Å². The molecule has 55 heavy (non-hydrogen) atoms. The van der Waals surface area contributed by atoms with Crippen LogP contribution in [0.15, 0.2) is 200 Å². The van der Waals surface area contributed by atoms with Crippen LogP contribution in [0.5, 0.6) is 0 Å². The highest BCUT2D eigenvalue weighted by molar-refractivity contribution is 7.25. The molecule has 4 heteroatoms. The fraction of sp³-hybridized carbons (Fsp3) is 0. The molecule has 0 aliphatic heterocycles. The average Bonchev–Trinajstić information content (AvgIpc) is 3.65. The van der Waals surface area contributed by atoms with E-state index in [-0.39, 0.29) is 0 Å². The van der Waals surface area contributed by atoms with E-state index < -0.39 is 0 Å². The summed E-state index contributed by atoms with van der Waals surface area (Å²) in [6.45, 7) is 0. The molecule has 3 heterocycles. The van der Waals surface area contributed by atoms with Crippen molar-refractivity contribution in [3.8, 4) is 78.4 Å². The van der Waals surface area contributed by atoms with Crippen LogP contribution in [0.3, 0.4) is 0 Å². The van der Waals surface area contributed by atoms with Gasteiger partial charge in [-0.15, -0.1) is 11.3 Å². The van der Waals surface area contributed by atoms with E-state index in [1.165, 1.54) is 31.3 Å². The van der Waals surface area contributed by atoms with E-state index in [1.807, 2.05) is 41.8 Å². The summed E-state index contributed by atoms with van der Waals surface area (Å²) in [5.41, 5.74) is 13.8. The zero-order valence-corrected chi connectivity index (χ0v) is 30.6. The van der Waals surface area contributed by atoms with Crippen molar-refractivity contribution >= 4 is 31.5 Å². The summed E-state index contributed by atoms with van der Waals surface area (Å²) in [6.07, 6.45) is 3.72. The normalized spacial score (nSPS) is 11.3. The van der Waals surface area contributed by atoms with Crippen molar-refractivity contribution in [1.82, 2.24) is 15.0 Å². The van der Waals surface area contributed by atoms with Crippen LogP contribution in [0.25, 0.3) is 98.6 Å². The largest absolute Gasteiger partial charge is 0.264 e. The fourth-order valence-corrected chi connectivity index (χ4v) is 8.54. The van der Waals surface area contributed by atoms with Gasteiger partial charge in [-0.2, -0.15) is 0 Å². The lowest BCUT2D eigenvalue weighted by Gasteiger charge is -2.15. The maximum atomic E-state index is 5.30. The molecular formula is C51H33N3S. The van der Waals surface area contributed by atoms with Gasteiger partial charge in [0.15, 0.2) is 5.82 Å². The standard InChI is InChI=1S/C51H33N3S/c1-3-13-34(14-4-1)36-17-11-18-37(27-36)40-28-41(38-24-25-50-46(31-38)45-22-9-10-23-49(45)55-50)30-42(29-40)47-32-48(54-51(53-47)35-15-5-2-6-16-35)44-21-8-7-20-43(44)39-19-12-26-52-33-39/h1-33H. The van der Waals surface area contributed by atoms with Gasteiger partial charge in [-0.25, -0.2) is 9.97 Å². The van der Waals surface area contributed by atoms with Crippen molar-refractivity contribution in [3.63, 3.8) is 0 Å². The second kappa shape index (κ2) is 14.1. The van der Waals surface area contributed by atoms with E-state index in [4.69, 9.17) is 9.97 Å². The smallest absolute Gasteiger partial charge is 0.160 e. The number of thiophene rings is 1. The van der Waals surface area contributed by atoms with E-state index in [1.54, 1.807) is 6.20 Å². The van der Waals surface area contributed by atoms with E-state index in [2.05, 4.69) is 169 Å². The maximum absolute atomic E-state index is 5.30. The molecule has 3 aromatic heterocycles. The van der Waals surface area contributed by atoms with Crippen LogP contribution in [0.4, 0.5) is 0 Å². The Balaban J connectivity index is 1.20. The first-order valence-corrected chi connectivity index (χ1v) is 19.2. The number of hydrogen-bond acceptors (Lipinski definition) is 4. The third-order valence-electron chi connectivity index (χ3n) is 10.2. The minimum atomic E-state index is 0.679.